The van der Waals surface area contributed by atoms with Gasteiger partial charge in [0, 0.05) is 34.1 Å². The third-order valence-corrected chi connectivity index (χ3v) is 11.0. The summed E-state index contributed by atoms with van der Waals surface area (Å²) in [6.45, 7) is 0. The molecule has 0 saturated carbocycles. The Kier molecular flexibility index (Phi) is 8.70. The first-order valence-electron chi connectivity index (χ1n) is 19.5. The number of benzene rings is 9. The van der Waals surface area contributed by atoms with E-state index in [0.29, 0.717) is 0 Å². The minimum absolute atomic E-state index is 1.07. The maximum absolute atomic E-state index is 2.38. The number of nitrogens with zero attached hydrogens (tertiary/aromatic N) is 2. The van der Waals surface area contributed by atoms with Crippen LogP contribution >= 0.6 is 0 Å². The molecule has 9 aromatic rings. The Morgan fingerprint density at radius 2 is 0.714 bits per heavy atom. The molecular formula is C54H40N2. The van der Waals surface area contributed by atoms with E-state index in [2.05, 4.69) is 228 Å². The van der Waals surface area contributed by atoms with Crippen LogP contribution in [0, 0.1) is 0 Å². The molecule has 2 heteroatoms. The highest BCUT2D eigenvalue weighted by atomic mass is 15.1. The van der Waals surface area contributed by atoms with Crippen LogP contribution in [0.15, 0.2) is 200 Å². The molecule has 2 nitrogen and oxygen atoms in total. The Morgan fingerprint density at radius 1 is 0.339 bits per heavy atom. The van der Waals surface area contributed by atoms with Gasteiger partial charge < -0.3 is 9.80 Å². The maximum Gasteiger partial charge on any atom is 0.0468 e. The Labute approximate surface area is 328 Å². The van der Waals surface area contributed by atoms with Crippen molar-refractivity contribution in [3.8, 4) is 0 Å². The Bertz CT molecular complexity index is 2840. The van der Waals surface area contributed by atoms with Crippen LogP contribution in [-0.4, -0.2) is 0 Å². The summed E-state index contributed by atoms with van der Waals surface area (Å²) < 4.78 is 0. The van der Waals surface area contributed by atoms with E-state index < -0.39 is 0 Å². The van der Waals surface area contributed by atoms with Gasteiger partial charge in [-0.05, 0) is 140 Å². The first-order valence-corrected chi connectivity index (χ1v) is 19.5. The summed E-state index contributed by atoms with van der Waals surface area (Å²) in [7, 11) is 0. The average Bonchev–Trinajstić information content (AvgIpc) is 3.26. The highest BCUT2D eigenvalue weighted by molar-refractivity contribution is 5.93. The molecule has 1 aliphatic carbocycles. The average molecular weight is 717 g/mol. The van der Waals surface area contributed by atoms with E-state index in [1.54, 1.807) is 0 Å². The standard InChI is InChI=1S/C54H40N2/c1-5-13-45-35-51(31-23-41(45)9-1)55(52-32-24-42-10-2-6-14-46(42)36-52)49-27-19-39(20-28-49)17-18-40-21-29-50(30-22-40)56(53-33-25-43-11-3-7-15-47(43)37-53)54-34-26-44-12-4-8-16-48(44)38-54/h1-7,9-15,17-38H,8,16H2/b18-17+. The quantitative estimate of drug-likeness (QED) is 0.144. The lowest BCUT2D eigenvalue weighted by Gasteiger charge is -2.27. The van der Waals surface area contributed by atoms with Gasteiger partial charge in [0.25, 0.3) is 0 Å². The first-order chi connectivity index (χ1) is 27.7. The first kappa shape index (κ1) is 33.4. The van der Waals surface area contributed by atoms with Crippen LogP contribution in [-0.2, 0) is 6.42 Å². The van der Waals surface area contributed by atoms with Crippen molar-refractivity contribution in [3.05, 3.63) is 222 Å². The molecule has 0 atom stereocenters. The van der Waals surface area contributed by atoms with E-state index >= 15 is 0 Å². The summed E-state index contributed by atoms with van der Waals surface area (Å²) in [5, 5.41) is 7.40. The number of anilines is 6. The Hall–Kier alpha value is -7.16. The highest BCUT2D eigenvalue weighted by Crippen LogP contribution is 2.40. The van der Waals surface area contributed by atoms with Crippen molar-refractivity contribution in [2.75, 3.05) is 9.80 Å². The van der Waals surface area contributed by atoms with Gasteiger partial charge in [0.1, 0.15) is 0 Å². The number of rotatable bonds is 8. The van der Waals surface area contributed by atoms with Crippen molar-refractivity contribution in [1.82, 2.24) is 0 Å². The van der Waals surface area contributed by atoms with E-state index in [9.17, 15) is 0 Å². The highest BCUT2D eigenvalue weighted by Gasteiger charge is 2.17. The fourth-order valence-corrected chi connectivity index (χ4v) is 8.06. The monoisotopic (exact) mass is 716 g/mol. The third kappa shape index (κ3) is 6.63. The van der Waals surface area contributed by atoms with Crippen LogP contribution in [0.3, 0.4) is 0 Å². The van der Waals surface area contributed by atoms with Gasteiger partial charge in [-0.1, -0.05) is 146 Å². The molecular weight excluding hydrogens is 677 g/mol. The molecule has 0 amide bonds. The van der Waals surface area contributed by atoms with E-state index in [-0.39, 0.29) is 0 Å². The molecule has 9 aromatic carbocycles. The fraction of sp³-hybridized carbons (Fsp3) is 0.0370. The molecule has 0 aromatic heterocycles. The molecule has 56 heavy (non-hydrogen) atoms. The van der Waals surface area contributed by atoms with Gasteiger partial charge in [0.15, 0.2) is 0 Å². The number of hydrogen-bond donors (Lipinski definition) is 0. The molecule has 0 radical (unpaired) electrons. The SMILES string of the molecule is C1=Cc2ccc(N(c3ccc(/C=C/c4ccc(N(c5ccc6ccccc6c5)c5ccc6ccccc6c5)cc4)cc3)c3ccc4ccccc4c3)cc2CC1. The van der Waals surface area contributed by atoms with E-state index in [4.69, 9.17) is 0 Å². The number of aryl methyl sites for hydroxylation is 1. The predicted molar refractivity (Wildman–Crippen MR) is 241 cm³/mol. The summed E-state index contributed by atoms with van der Waals surface area (Å²) in [6.07, 6.45) is 11.1. The molecule has 0 N–H and O–H groups in total. The Balaban J connectivity index is 0.948. The molecule has 0 bridgehead atoms. The lowest BCUT2D eigenvalue weighted by Crippen LogP contribution is -2.11. The molecule has 0 heterocycles. The van der Waals surface area contributed by atoms with Crippen LogP contribution in [0.1, 0.15) is 28.7 Å². The smallest absolute Gasteiger partial charge is 0.0468 e. The minimum atomic E-state index is 1.07. The maximum atomic E-state index is 2.38. The van der Waals surface area contributed by atoms with Crippen molar-refractivity contribution in [3.63, 3.8) is 0 Å². The molecule has 0 unspecified atom stereocenters. The number of allylic oxidation sites excluding steroid dienone is 1. The summed E-state index contributed by atoms with van der Waals surface area (Å²) in [5.74, 6) is 0. The zero-order chi connectivity index (χ0) is 37.3. The minimum Gasteiger partial charge on any atom is -0.310 e. The van der Waals surface area contributed by atoms with Crippen LogP contribution in [0.5, 0.6) is 0 Å². The van der Waals surface area contributed by atoms with E-state index in [0.717, 1.165) is 52.4 Å². The van der Waals surface area contributed by atoms with Gasteiger partial charge in [-0.15, -0.1) is 0 Å². The second kappa shape index (κ2) is 14.6. The zero-order valence-electron chi connectivity index (χ0n) is 31.1. The molecule has 0 fully saturated rings. The largest absolute Gasteiger partial charge is 0.310 e. The fourth-order valence-electron chi connectivity index (χ4n) is 8.06. The zero-order valence-corrected chi connectivity index (χ0v) is 31.1. The topological polar surface area (TPSA) is 6.48 Å². The van der Waals surface area contributed by atoms with Crippen LogP contribution in [0.25, 0.3) is 50.5 Å². The van der Waals surface area contributed by atoms with E-state index in [1.165, 1.54) is 49.1 Å². The molecule has 10 rings (SSSR count). The molecule has 1 aliphatic rings. The van der Waals surface area contributed by atoms with Crippen LogP contribution in [0.2, 0.25) is 0 Å². The Morgan fingerprint density at radius 3 is 1.16 bits per heavy atom. The lowest BCUT2D eigenvalue weighted by molar-refractivity contribution is 0.984. The van der Waals surface area contributed by atoms with Crippen molar-refractivity contribution < 1.29 is 0 Å². The van der Waals surface area contributed by atoms with Gasteiger partial charge >= 0.3 is 0 Å². The van der Waals surface area contributed by atoms with Gasteiger partial charge in [0.2, 0.25) is 0 Å². The van der Waals surface area contributed by atoms with Crippen molar-refractivity contribution in [1.29, 1.82) is 0 Å². The van der Waals surface area contributed by atoms with Gasteiger partial charge in [-0.3, -0.25) is 0 Å². The molecule has 266 valence electrons. The summed E-state index contributed by atoms with van der Waals surface area (Å²) in [5.41, 5.74) is 11.9. The second-order valence-corrected chi connectivity index (χ2v) is 14.6. The van der Waals surface area contributed by atoms with Gasteiger partial charge in [0.05, 0.1) is 0 Å². The summed E-state index contributed by atoms with van der Waals surface area (Å²) in [4.78, 5) is 4.74. The van der Waals surface area contributed by atoms with Crippen molar-refractivity contribution >= 4 is 84.7 Å². The van der Waals surface area contributed by atoms with Crippen LogP contribution in [0.4, 0.5) is 34.1 Å². The third-order valence-electron chi connectivity index (χ3n) is 11.0. The predicted octanol–water partition coefficient (Wildman–Crippen LogP) is 15.2. The van der Waals surface area contributed by atoms with Crippen LogP contribution < -0.4 is 9.80 Å². The lowest BCUT2D eigenvalue weighted by atomic mass is 9.96. The number of hydrogen-bond acceptors (Lipinski definition) is 2. The number of fused-ring (bicyclic) bond motifs is 4. The van der Waals surface area contributed by atoms with Gasteiger partial charge in [-0.25, -0.2) is 0 Å². The van der Waals surface area contributed by atoms with Crippen molar-refractivity contribution in [2.24, 2.45) is 0 Å². The normalized spacial score (nSPS) is 12.4. The van der Waals surface area contributed by atoms with E-state index in [1.807, 2.05) is 0 Å². The second-order valence-electron chi connectivity index (χ2n) is 14.6. The summed E-state index contributed by atoms with van der Waals surface area (Å²) >= 11 is 0. The molecule has 0 aliphatic heterocycles. The molecule has 0 spiro atoms. The van der Waals surface area contributed by atoms with Crippen molar-refractivity contribution in [2.45, 2.75) is 12.8 Å². The summed E-state index contributed by atoms with van der Waals surface area (Å²) in [6, 6.07) is 70.6. The molecule has 0 saturated heterocycles. The van der Waals surface area contributed by atoms with Gasteiger partial charge in [-0.2, -0.15) is 0 Å².